The minimum Gasteiger partial charge on any atom is -0.385 e. The van der Waals surface area contributed by atoms with Gasteiger partial charge < -0.3 is 15.4 Å². The van der Waals surface area contributed by atoms with Crippen LogP contribution in [0.5, 0.6) is 0 Å². The third kappa shape index (κ3) is 4.96. The van der Waals surface area contributed by atoms with Crippen molar-refractivity contribution in [2.45, 2.75) is 39.2 Å². The molecule has 1 atom stereocenters. The van der Waals surface area contributed by atoms with Crippen molar-refractivity contribution in [1.82, 2.24) is 4.90 Å². The molecular formula is C12H26N2O. The van der Waals surface area contributed by atoms with Crippen molar-refractivity contribution < 1.29 is 4.74 Å². The normalized spacial score (nSPS) is 24.0. The van der Waals surface area contributed by atoms with Crippen molar-refractivity contribution >= 4 is 0 Å². The quantitative estimate of drug-likeness (QED) is 0.753. The van der Waals surface area contributed by atoms with Gasteiger partial charge in [0.1, 0.15) is 0 Å². The van der Waals surface area contributed by atoms with Crippen LogP contribution in [0.25, 0.3) is 0 Å². The summed E-state index contributed by atoms with van der Waals surface area (Å²) in [5, 5.41) is 0. The van der Waals surface area contributed by atoms with Crippen LogP contribution in [0.2, 0.25) is 0 Å². The van der Waals surface area contributed by atoms with Gasteiger partial charge in [-0.25, -0.2) is 0 Å². The van der Waals surface area contributed by atoms with E-state index in [4.69, 9.17) is 10.5 Å². The number of piperidine rings is 1. The van der Waals surface area contributed by atoms with E-state index in [1.165, 1.54) is 25.9 Å². The fourth-order valence-electron chi connectivity index (χ4n) is 2.03. The second kappa shape index (κ2) is 5.83. The van der Waals surface area contributed by atoms with Crippen molar-refractivity contribution in [2.24, 2.45) is 11.1 Å². The summed E-state index contributed by atoms with van der Waals surface area (Å²) in [6, 6.07) is 0.270. The summed E-state index contributed by atoms with van der Waals surface area (Å²) in [6.07, 6.45) is 3.56. The molecule has 15 heavy (non-hydrogen) atoms. The number of ether oxygens (including phenoxy) is 1. The molecule has 1 fully saturated rings. The van der Waals surface area contributed by atoms with Crippen molar-refractivity contribution in [2.75, 3.05) is 33.4 Å². The van der Waals surface area contributed by atoms with Gasteiger partial charge >= 0.3 is 0 Å². The number of methoxy groups -OCH3 is 1. The molecule has 1 saturated heterocycles. The zero-order valence-corrected chi connectivity index (χ0v) is 10.5. The molecule has 3 nitrogen and oxygen atoms in total. The van der Waals surface area contributed by atoms with Crippen molar-refractivity contribution in [3.8, 4) is 0 Å². The summed E-state index contributed by atoms with van der Waals surface area (Å²) in [6.45, 7) is 8.92. The zero-order valence-electron chi connectivity index (χ0n) is 10.5. The lowest BCUT2D eigenvalue weighted by Gasteiger charge is -2.37. The minimum atomic E-state index is 0.270. The first-order valence-electron chi connectivity index (χ1n) is 6.00. The van der Waals surface area contributed by atoms with Crippen LogP contribution in [0.4, 0.5) is 0 Å². The summed E-state index contributed by atoms with van der Waals surface area (Å²) in [5.41, 5.74) is 6.57. The lowest BCUT2D eigenvalue weighted by atomic mass is 9.82. The second-order valence-corrected chi connectivity index (χ2v) is 5.51. The molecule has 1 aliphatic rings. The van der Waals surface area contributed by atoms with Crippen molar-refractivity contribution in [3.63, 3.8) is 0 Å². The van der Waals surface area contributed by atoms with Gasteiger partial charge in [-0.2, -0.15) is 0 Å². The van der Waals surface area contributed by atoms with Gasteiger partial charge in [0.15, 0.2) is 0 Å². The van der Waals surface area contributed by atoms with Crippen LogP contribution in [-0.4, -0.2) is 44.3 Å². The highest BCUT2D eigenvalue weighted by Crippen LogP contribution is 2.29. The molecular weight excluding hydrogens is 188 g/mol. The Morgan fingerprint density at radius 1 is 1.33 bits per heavy atom. The monoisotopic (exact) mass is 214 g/mol. The molecule has 2 N–H and O–H groups in total. The van der Waals surface area contributed by atoms with Crippen molar-refractivity contribution in [1.29, 1.82) is 0 Å². The van der Waals surface area contributed by atoms with Gasteiger partial charge in [-0.3, -0.25) is 0 Å². The van der Waals surface area contributed by atoms with Crippen LogP contribution in [0.1, 0.15) is 33.1 Å². The fraction of sp³-hybridized carbons (Fsp3) is 1.00. The molecule has 0 bridgehead atoms. The summed E-state index contributed by atoms with van der Waals surface area (Å²) in [7, 11) is 1.73. The van der Waals surface area contributed by atoms with E-state index in [2.05, 4.69) is 18.7 Å². The third-order valence-corrected chi connectivity index (χ3v) is 3.40. The number of likely N-dealkylation sites (tertiary alicyclic amines) is 1. The highest BCUT2D eigenvalue weighted by molar-refractivity contribution is 4.80. The van der Waals surface area contributed by atoms with Crippen LogP contribution in [0.15, 0.2) is 0 Å². The third-order valence-electron chi connectivity index (χ3n) is 3.40. The standard InChI is InChI=1S/C12H26N2O/c1-12(2)5-7-14(8-6-12)10-11(13)4-9-15-3/h11H,4-10,13H2,1-3H3. The van der Waals surface area contributed by atoms with E-state index in [-0.39, 0.29) is 6.04 Å². The molecule has 1 unspecified atom stereocenters. The number of rotatable bonds is 5. The number of hydrogen-bond acceptors (Lipinski definition) is 3. The average Bonchev–Trinajstić information content (AvgIpc) is 2.18. The van der Waals surface area contributed by atoms with Gasteiger partial charge in [0.05, 0.1) is 0 Å². The Hall–Kier alpha value is -0.120. The Bertz CT molecular complexity index is 172. The summed E-state index contributed by atoms with van der Waals surface area (Å²) in [5.74, 6) is 0. The zero-order chi connectivity index (χ0) is 11.3. The number of nitrogens with zero attached hydrogens (tertiary/aromatic N) is 1. The first-order valence-corrected chi connectivity index (χ1v) is 6.00. The Morgan fingerprint density at radius 3 is 2.47 bits per heavy atom. The molecule has 0 aromatic rings. The second-order valence-electron chi connectivity index (χ2n) is 5.51. The van der Waals surface area contributed by atoms with Crippen LogP contribution < -0.4 is 5.73 Å². The SMILES string of the molecule is COCCC(N)CN1CCC(C)(C)CC1. The summed E-state index contributed by atoms with van der Waals surface area (Å²) < 4.78 is 5.04. The maximum absolute atomic E-state index is 6.04. The summed E-state index contributed by atoms with van der Waals surface area (Å²) in [4.78, 5) is 2.49. The van der Waals surface area contributed by atoms with Crippen LogP contribution >= 0.6 is 0 Å². The molecule has 3 heteroatoms. The molecule has 90 valence electrons. The van der Waals surface area contributed by atoms with Crippen LogP contribution in [0, 0.1) is 5.41 Å². The molecule has 1 heterocycles. The smallest absolute Gasteiger partial charge is 0.0477 e. The first-order chi connectivity index (χ1) is 7.03. The molecule has 0 aromatic carbocycles. The average molecular weight is 214 g/mol. The van der Waals surface area contributed by atoms with E-state index >= 15 is 0 Å². The lowest BCUT2D eigenvalue weighted by molar-refractivity contribution is 0.118. The molecule has 0 aromatic heterocycles. The Labute approximate surface area is 94.0 Å². The molecule has 0 aliphatic carbocycles. The Kier molecular flexibility index (Phi) is 5.03. The predicted molar refractivity (Wildman–Crippen MR) is 63.9 cm³/mol. The molecule has 1 rings (SSSR count). The van der Waals surface area contributed by atoms with E-state index in [9.17, 15) is 0 Å². The van der Waals surface area contributed by atoms with E-state index in [1.54, 1.807) is 7.11 Å². The van der Waals surface area contributed by atoms with E-state index < -0.39 is 0 Å². The molecule has 0 radical (unpaired) electrons. The summed E-state index contributed by atoms with van der Waals surface area (Å²) >= 11 is 0. The topological polar surface area (TPSA) is 38.5 Å². The van der Waals surface area contributed by atoms with E-state index in [0.717, 1.165) is 19.6 Å². The predicted octanol–water partition coefficient (Wildman–Crippen LogP) is 1.47. The maximum Gasteiger partial charge on any atom is 0.0477 e. The van der Waals surface area contributed by atoms with Gasteiger partial charge in [0, 0.05) is 26.3 Å². The van der Waals surface area contributed by atoms with Crippen molar-refractivity contribution in [3.05, 3.63) is 0 Å². The number of hydrogen-bond donors (Lipinski definition) is 1. The lowest BCUT2D eigenvalue weighted by Crippen LogP contribution is -2.44. The molecule has 0 saturated carbocycles. The minimum absolute atomic E-state index is 0.270. The first kappa shape index (κ1) is 12.9. The largest absolute Gasteiger partial charge is 0.385 e. The van der Waals surface area contributed by atoms with Gasteiger partial charge in [-0.1, -0.05) is 13.8 Å². The van der Waals surface area contributed by atoms with Gasteiger partial charge in [0.2, 0.25) is 0 Å². The highest BCUT2D eigenvalue weighted by Gasteiger charge is 2.25. The number of nitrogens with two attached hydrogens (primary N) is 1. The maximum atomic E-state index is 6.04. The molecule has 1 aliphatic heterocycles. The highest BCUT2D eigenvalue weighted by atomic mass is 16.5. The van der Waals surface area contributed by atoms with E-state index in [0.29, 0.717) is 5.41 Å². The fourth-order valence-corrected chi connectivity index (χ4v) is 2.03. The molecule has 0 amide bonds. The van der Waals surface area contributed by atoms with Crippen LogP contribution in [0.3, 0.4) is 0 Å². The Morgan fingerprint density at radius 2 is 1.93 bits per heavy atom. The van der Waals surface area contributed by atoms with Gasteiger partial charge in [-0.15, -0.1) is 0 Å². The van der Waals surface area contributed by atoms with Crippen LogP contribution in [-0.2, 0) is 4.74 Å². The molecule has 0 spiro atoms. The van der Waals surface area contributed by atoms with E-state index in [1.807, 2.05) is 0 Å². The van der Waals surface area contributed by atoms with Gasteiger partial charge in [-0.05, 0) is 37.8 Å². The Balaban J connectivity index is 2.17. The van der Waals surface area contributed by atoms with Gasteiger partial charge in [0.25, 0.3) is 0 Å².